The molecule has 1 aliphatic rings. The fourth-order valence-corrected chi connectivity index (χ4v) is 4.41. The molecule has 1 aromatic carbocycles. The molecule has 1 saturated carbocycles. The molecule has 1 aliphatic carbocycles. The first-order chi connectivity index (χ1) is 8.43. The summed E-state index contributed by atoms with van der Waals surface area (Å²) < 4.78 is 23.8. The van der Waals surface area contributed by atoms with Crippen LogP contribution in [0.4, 0.5) is 0 Å². The van der Waals surface area contributed by atoms with E-state index in [1.807, 2.05) is 0 Å². The fraction of sp³-hybridized carbons (Fsp3) is 0.500. The Balaban J connectivity index is 2.34. The van der Waals surface area contributed by atoms with Crippen molar-refractivity contribution in [3.05, 3.63) is 30.3 Å². The molecule has 0 saturated heterocycles. The Morgan fingerprint density at radius 2 is 1.83 bits per heavy atom. The number of hydrogen-bond acceptors (Lipinski definition) is 3. The van der Waals surface area contributed by atoms with Crippen LogP contribution in [0, 0.1) is 23.2 Å². The zero-order valence-corrected chi connectivity index (χ0v) is 11.4. The molecule has 0 unspecified atom stereocenters. The van der Waals surface area contributed by atoms with E-state index in [4.69, 9.17) is 0 Å². The maximum absolute atomic E-state index is 12.5. The van der Waals surface area contributed by atoms with Gasteiger partial charge in [-0.2, -0.15) is 5.26 Å². The summed E-state index contributed by atoms with van der Waals surface area (Å²) in [5.74, 6) is 0.764. The Labute approximate surface area is 108 Å². The van der Waals surface area contributed by atoms with Gasteiger partial charge in [0.05, 0.1) is 11.0 Å². The topological polar surface area (TPSA) is 57.9 Å². The molecule has 0 amide bonds. The maximum Gasteiger partial charge on any atom is 0.197 e. The van der Waals surface area contributed by atoms with Crippen LogP contribution in [-0.2, 0) is 9.84 Å². The van der Waals surface area contributed by atoms with Crippen LogP contribution in [0.2, 0.25) is 0 Å². The number of sulfone groups is 1. The fourth-order valence-electron chi connectivity index (χ4n) is 2.45. The third kappa shape index (κ3) is 1.83. The third-order valence-electron chi connectivity index (χ3n) is 3.90. The van der Waals surface area contributed by atoms with Crippen molar-refractivity contribution in [2.45, 2.75) is 36.3 Å². The summed E-state index contributed by atoms with van der Waals surface area (Å²) in [6.07, 6.45) is 0.913. The highest BCUT2D eigenvalue weighted by atomic mass is 32.2. The molecular formula is C14H17NO2S. The second-order valence-corrected chi connectivity index (χ2v) is 7.59. The molecule has 0 N–H and O–H groups in total. The summed E-state index contributed by atoms with van der Waals surface area (Å²) in [5.41, 5.74) is 0. The van der Waals surface area contributed by atoms with Crippen molar-refractivity contribution in [1.82, 2.24) is 0 Å². The van der Waals surface area contributed by atoms with Crippen LogP contribution in [0.3, 0.4) is 0 Å². The molecule has 0 spiro atoms. The van der Waals surface area contributed by atoms with Crippen molar-refractivity contribution >= 4 is 9.84 Å². The molecule has 1 fully saturated rings. The zero-order chi connectivity index (χ0) is 13.4. The van der Waals surface area contributed by atoms with Gasteiger partial charge in [0.25, 0.3) is 0 Å². The van der Waals surface area contributed by atoms with E-state index >= 15 is 0 Å². The quantitative estimate of drug-likeness (QED) is 0.842. The van der Waals surface area contributed by atoms with Gasteiger partial charge >= 0.3 is 0 Å². The van der Waals surface area contributed by atoms with E-state index in [1.54, 1.807) is 30.3 Å². The minimum Gasteiger partial charge on any atom is -0.222 e. The average molecular weight is 263 g/mol. The van der Waals surface area contributed by atoms with E-state index < -0.39 is 14.6 Å². The first kappa shape index (κ1) is 13.1. The highest BCUT2D eigenvalue weighted by Gasteiger charge is 2.55. The predicted molar refractivity (Wildman–Crippen MR) is 69.5 cm³/mol. The van der Waals surface area contributed by atoms with Crippen molar-refractivity contribution in [2.75, 3.05) is 0 Å². The van der Waals surface area contributed by atoms with Crippen molar-refractivity contribution in [3.63, 3.8) is 0 Å². The number of rotatable bonds is 3. The van der Waals surface area contributed by atoms with Gasteiger partial charge in [-0.25, -0.2) is 8.42 Å². The lowest BCUT2D eigenvalue weighted by Crippen LogP contribution is -2.50. The highest BCUT2D eigenvalue weighted by molar-refractivity contribution is 7.93. The first-order valence-corrected chi connectivity index (χ1v) is 7.62. The lowest BCUT2D eigenvalue weighted by atomic mass is 9.69. The highest BCUT2D eigenvalue weighted by Crippen LogP contribution is 2.49. The Morgan fingerprint density at radius 3 is 2.28 bits per heavy atom. The third-order valence-corrected chi connectivity index (χ3v) is 6.24. The summed E-state index contributed by atoms with van der Waals surface area (Å²) in [7, 11) is -3.54. The summed E-state index contributed by atoms with van der Waals surface area (Å²) in [6.45, 7) is 4.14. The van der Waals surface area contributed by atoms with Gasteiger partial charge in [-0.3, -0.25) is 0 Å². The largest absolute Gasteiger partial charge is 0.222 e. The van der Waals surface area contributed by atoms with Crippen LogP contribution in [0.15, 0.2) is 35.2 Å². The predicted octanol–water partition coefficient (Wildman–Crippen LogP) is 2.79. The van der Waals surface area contributed by atoms with Crippen molar-refractivity contribution in [2.24, 2.45) is 11.8 Å². The van der Waals surface area contributed by atoms with Crippen molar-refractivity contribution < 1.29 is 8.42 Å². The molecule has 3 nitrogen and oxygen atoms in total. The Bertz CT molecular complexity index is 564. The average Bonchev–Trinajstić information content (AvgIpc) is 2.28. The van der Waals surface area contributed by atoms with Gasteiger partial charge in [0.2, 0.25) is 0 Å². The van der Waals surface area contributed by atoms with Gasteiger partial charge in [-0.05, 0) is 36.8 Å². The molecule has 18 heavy (non-hydrogen) atoms. The molecule has 1 aromatic rings. The molecule has 96 valence electrons. The number of nitrogens with zero attached hydrogens (tertiary/aromatic N) is 1. The van der Waals surface area contributed by atoms with Gasteiger partial charge in [0.1, 0.15) is 0 Å². The summed E-state index contributed by atoms with van der Waals surface area (Å²) in [4.78, 5) is 0.258. The van der Waals surface area contributed by atoms with Gasteiger partial charge in [-0.1, -0.05) is 32.0 Å². The molecule has 0 radical (unpaired) electrons. The smallest absolute Gasteiger partial charge is 0.197 e. The molecule has 0 aromatic heterocycles. The molecule has 0 heterocycles. The van der Waals surface area contributed by atoms with Crippen LogP contribution in [0.1, 0.15) is 26.7 Å². The van der Waals surface area contributed by atoms with Gasteiger partial charge < -0.3 is 0 Å². The normalized spacial score (nSPS) is 27.6. The number of nitriles is 1. The first-order valence-electron chi connectivity index (χ1n) is 6.14. The zero-order valence-electron chi connectivity index (χ0n) is 10.6. The SMILES string of the molecule is CC(C)C1CC(C#N)(S(=O)(=O)c2ccccc2)C1. The van der Waals surface area contributed by atoms with E-state index in [1.165, 1.54) is 0 Å². The van der Waals surface area contributed by atoms with Crippen LogP contribution in [-0.4, -0.2) is 13.2 Å². The van der Waals surface area contributed by atoms with Crippen LogP contribution >= 0.6 is 0 Å². The second-order valence-electron chi connectivity index (χ2n) is 5.33. The van der Waals surface area contributed by atoms with Gasteiger partial charge in [0, 0.05) is 0 Å². The minimum atomic E-state index is -3.54. The summed E-state index contributed by atoms with van der Waals surface area (Å²) in [5, 5.41) is 9.30. The lowest BCUT2D eigenvalue weighted by Gasteiger charge is -2.43. The van der Waals surface area contributed by atoms with Crippen LogP contribution in [0.5, 0.6) is 0 Å². The molecule has 0 atom stereocenters. The van der Waals surface area contributed by atoms with Crippen LogP contribution in [0.25, 0.3) is 0 Å². The monoisotopic (exact) mass is 263 g/mol. The molecule has 2 rings (SSSR count). The Hall–Kier alpha value is -1.34. The molecule has 4 heteroatoms. The van der Waals surface area contributed by atoms with Crippen LogP contribution < -0.4 is 0 Å². The minimum absolute atomic E-state index is 0.258. The van der Waals surface area contributed by atoms with E-state index in [2.05, 4.69) is 19.9 Å². The molecular weight excluding hydrogens is 246 g/mol. The van der Waals surface area contributed by atoms with E-state index in [9.17, 15) is 13.7 Å². The van der Waals surface area contributed by atoms with E-state index in [0.29, 0.717) is 24.7 Å². The maximum atomic E-state index is 12.5. The van der Waals surface area contributed by atoms with Crippen molar-refractivity contribution in [3.8, 4) is 6.07 Å². The molecule has 0 aliphatic heterocycles. The molecule has 0 bridgehead atoms. The Kier molecular flexibility index (Phi) is 3.20. The summed E-state index contributed by atoms with van der Waals surface area (Å²) in [6, 6.07) is 10.3. The number of benzene rings is 1. The lowest BCUT2D eigenvalue weighted by molar-refractivity contribution is 0.198. The summed E-state index contributed by atoms with van der Waals surface area (Å²) >= 11 is 0. The number of hydrogen-bond donors (Lipinski definition) is 0. The van der Waals surface area contributed by atoms with Gasteiger partial charge in [0.15, 0.2) is 14.6 Å². The van der Waals surface area contributed by atoms with E-state index in [-0.39, 0.29) is 4.90 Å². The second kappa shape index (κ2) is 4.40. The van der Waals surface area contributed by atoms with Gasteiger partial charge in [-0.15, -0.1) is 0 Å². The standard InChI is InChI=1S/C14H17NO2S/c1-11(2)12-8-14(9-12,10-15)18(16,17)13-6-4-3-5-7-13/h3-7,11-12H,8-9H2,1-2H3. The van der Waals surface area contributed by atoms with E-state index in [0.717, 1.165) is 0 Å². The van der Waals surface area contributed by atoms with Crippen molar-refractivity contribution in [1.29, 1.82) is 5.26 Å². The Morgan fingerprint density at radius 1 is 1.28 bits per heavy atom.